The molecule has 1 heterocycles. The van der Waals surface area contributed by atoms with Crippen molar-refractivity contribution in [3.8, 4) is 0 Å². The van der Waals surface area contributed by atoms with E-state index >= 15 is 0 Å². The van der Waals surface area contributed by atoms with E-state index in [4.69, 9.17) is 0 Å². The van der Waals surface area contributed by atoms with Gasteiger partial charge in [-0.05, 0) is 12.1 Å². The minimum absolute atomic E-state index is 0.100. The van der Waals surface area contributed by atoms with Gasteiger partial charge >= 0.3 is 0 Å². The fourth-order valence-corrected chi connectivity index (χ4v) is 2.86. The van der Waals surface area contributed by atoms with Gasteiger partial charge in [0.1, 0.15) is 0 Å². The normalized spacial score (nSPS) is 10.9. The number of aromatic amines is 1. The van der Waals surface area contributed by atoms with Crippen LogP contribution in [0.4, 0.5) is 14.5 Å². The number of hydrogen-bond donors (Lipinski definition) is 2. The molecule has 0 fully saturated rings. The first-order valence-corrected chi connectivity index (χ1v) is 7.93. The van der Waals surface area contributed by atoms with Crippen LogP contribution in [0.3, 0.4) is 0 Å². The molecule has 0 bridgehead atoms. The smallest absolute Gasteiger partial charge is 0.225 e. The number of aromatic nitrogens is 2. The van der Waals surface area contributed by atoms with Gasteiger partial charge in [-0.25, -0.2) is 13.8 Å². The molecule has 23 heavy (non-hydrogen) atoms. The summed E-state index contributed by atoms with van der Waals surface area (Å²) in [7, 11) is 0. The van der Waals surface area contributed by atoms with Crippen LogP contribution in [0.1, 0.15) is 6.42 Å². The number of rotatable bonds is 5. The molecule has 1 amide bonds. The summed E-state index contributed by atoms with van der Waals surface area (Å²) >= 11 is 1.32. The van der Waals surface area contributed by atoms with Crippen LogP contribution in [0.2, 0.25) is 0 Å². The van der Waals surface area contributed by atoms with Crippen LogP contribution >= 0.6 is 11.8 Å². The maximum atomic E-state index is 13.1. The number of fused-ring (bicyclic) bond motifs is 1. The Balaban J connectivity index is 1.55. The lowest BCUT2D eigenvalue weighted by molar-refractivity contribution is -0.115. The molecule has 0 unspecified atom stereocenters. The van der Waals surface area contributed by atoms with E-state index in [0.717, 1.165) is 17.8 Å². The Morgan fingerprint density at radius 3 is 2.70 bits per heavy atom. The number of hydrogen-bond acceptors (Lipinski definition) is 3. The summed E-state index contributed by atoms with van der Waals surface area (Å²) in [5.74, 6) is -1.44. The molecule has 1 aromatic heterocycles. The quantitative estimate of drug-likeness (QED) is 0.695. The van der Waals surface area contributed by atoms with Crippen molar-refractivity contribution in [1.29, 1.82) is 0 Å². The highest BCUT2D eigenvalue weighted by Crippen LogP contribution is 2.22. The lowest BCUT2D eigenvalue weighted by Crippen LogP contribution is -2.11. The molecule has 0 spiro atoms. The zero-order chi connectivity index (χ0) is 16.2. The molecule has 0 saturated heterocycles. The maximum absolute atomic E-state index is 13.1. The van der Waals surface area contributed by atoms with Crippen molar-refractivity contribution in [3.63, 3.8) is 0 Å². The van der Waals surface area contributed by atoms with Crippen LogP contribution in [0.15, 0.2) is 47.6 Å². The van der Waals surface area contributed by atoms with Gasteiger partial charge in [-0.3, -0.25) is 4.79 Å². The van der Waals surface area contributed by atoms with Crippen molar-refractivity contribution < 1.29 is 13.6 Å². The second-order valence-electron chi connectivity index (χ2n) is 4.84. The number of H-pyrrole nitrogens is 1. The molecule has 2 aromatic carbocycles. The number of nitrogens with zero attached hydrogens (tertiary/aromatic N) is 1. The van der Waals surface area contributed by atoms with E-state index in [1.54, 1.807) is 0 Å². The summed E-state index contributed by atoms with van der Waals surface area (Å²) in [5, 5.41) is 3.31. The molecular formula is C16H13F2N3OS. The summed E-state index contributed by atoms with van der Waals surface area (Å²) in [5.41, 5.74) is 1.54. The molecule has 7 heteroatoms. The first kappa shape index (κ1) is 15.5. The van der Waals surface area contributed by atoms with Gasteiger partial charge in [-0.1, -0.05) is 30.0 Å². The van der Waals surface area contributed by atoms with Crippen molar-refractivity contribution in [1.82, 2.24) is 9.97 Å². The number of imidazole rings is 1. The predicted molar refractivity (Wildman–Crippen MR) is 86.4 cm³/mol. The Morgan fingerprint density at radius 2 is 1.91 bits per heavy atom. The number of para-hydroxylation sites is 1. The number of anilines is 1. The number of benzene rings is 2. The van der Waals surface area contributed by atoms with Gasteiger partial charge in [0.15, 0.2) is 16.8 Å². The largest absolute Gasteiger partial charge is 0.333 e. The summed E-state index contributed by atoms with van der Waals surface area (Å²) in [6.45, 7) is 0. The Bertz CT molecular complexity index is 797. The third-order valence-electron chi connectivity index (χ3n) is 3.13. The van der Waals surface area contributed by atoms with Gasteiger partial charge in [-0.15, -0.1) is 0 Å². The monoisotopic (exact) mass is 333 g/mol. The van der Waals surface area contributed by atoms with Crippen LogP contribution in [0, 0.1) is 11.6 Å². The van der Waals surface area contributed by atoms with Crippen molar-refractivity contribution in [3.05, 3.63) is 54.1 Å². The number of carbonyl (C=O) groups is 1. The molecule has 0 radical (unpaired) electrons. The zero-order valence-corrected chi connectivity index (χ0v) is 12.8. The van der Waals surface area contributed by atoms with Gasteiger partial charge in [-0.2, -0.15) is 0 Å². The molecule has 0 aliphatic carbocycles. The highest BCUT2D eigenvalue weighted by atomic mass is 32.2. The average molecular weight is 333 g/mol. The number of amides is 1. The van der Waals surface area contributed by atoms with Gasteiger partial charge in [0, 0.05) is 30.0 Å². The third kappa shape index (κ3) is 3.87. The summed E-state index contributed by atoms with van der Waals surface area (Å²) in [4.78, 5) is 18.9. The van der Waals surface area contributed by atoms with E-state index in [1.165, 1.54) is 11.8 Å². The van der Waals surface area contributed by atoms with Crippen LogP contribution < -0.4 is 5.32 Å². The highest BCUT2D eigenvalue weighted by Gasteiger charge is 2.09. The molecule has 4 nitrogen and oxygen atoms in total. The highest BCUT2D eigenvalue weighted by molar-refractivity contribution is 7.99. The Kier molecular flexibility index (Phi) is 4.57. The average Bonchev–Trinajstić information content (AvgIpc) is 2.90. The summed E-state index contributed by atoms with van der Waals surface area (Å²) < 4.78 is 26.3. The van der Waals surface area contributed by atoms with Crippen molar-refractivity contribution in [2.45, 2.75) is 11.6 Å². The molecule has 0 aliphatic heterocycles. The van der Waals surface area contributed by atoms with Crippen LogP contribution in [-0.4, -0.2) is 21.6 Å². The molecule has 0 saturated carbocycles. The minimum Gasteiger partial charge on any atom is -0.333 e. The molecule has 2 N–H and O–H groups in total. The SMILES string of the molecule is O=C(CCSc1nc2cc(F)c(F)cc2[nH]1)Nc1ccccc1. The maximum Gasteiger partial charge on any atom is 0.225 e. The van der Waals surface area contributed by atoms with E-state index in [2.05, 4.69) is 15.3 Å². The van der Waals surface area contributed by atoms with Crippen LogP contribution in [0.25, 0.3) is 11.0 Å². The summed E-state index contributed by atoms with van der Waals surface area (Å²) in [6, 6.07) is 11.3. The fourth-order valence-electron chi connectivity index (χ4n) is 2.04. The number of nitrogens with one attached hydrogen (secondary N) is 2. The number of carbonyl (C=O) groups excluding carboxylic acids is 1. The number of halogens is 2. The first-order chi connectivity index (χ1) is 11.1. The molecule has 3 rings (SSSR count). The van der Waals surface area contributed by atoms with Crippen LogP contribution in [-0.2, 0) is 4.79 Å². The molecular weight excluding hydrogens is 320 g/mol. The molecule has 0 atom stereocenters. The predicted octanol–water partition coefficient (Wildman–Crippen LogP) is 3.96. The van der Waals surface area contributed by atoms with Gasteiger partial charge < -0.3 is 10.3 Å². The summed E-state index contributed by atoms with van der Waals surface area (Å²) in [6.07, 6.45) is 0.305. The Morgan fingerprint density at radius 1 is 1.17 bits per heavy atom. The first-order valence-electron chi connectivity index (χ1n) is 6.94. The molecule has 118 valence electrons. The van der Waals surface area contributed by atoms with Gasteiger partial charge in [0.25, 0.3) is 0 Å². The van der Waals surface area contributed by atoms with Crippen LogP contribution in [0.5, 0.6) is 0 Å². The third-order valence-corrected chi connectivity index (χ3v) is 4.00. The lowest BCUT2D eigenvalue weighted by atomic mass is 10.3. The van der Waals surface area contributed by atoms with Crippen molar-refractivity contribution in [2.24, 2.45) is 0 Å². The number of thioether (sulfide) groups is 1. The van der Waals surface area contributed by atoms with E-state index in [1.807, 2.05) is 30.3 Å². The second-order valence-corrected chi connectivity index (χ2v) is 5.92. The van der Waals surface area contributed by atoms with E-state index < -0.39 is 11.6 Å². The Labute approximate surface area is 135 Å². The molecule has 3 aromatic rings. The minimum atomic E-state index is -0.928. The van der Waals surface area contributed by atoms with Gasteiger partial charge in [0.05, 0.1) is 11.0 Å². The van der Waals surface area contributed by atoms with Crippen molar-refractivity contribution in [2.75, 3.05) is 11.1 Å². The Hall–Kier alpha value is -2.41. The standard InChI is InChI=1S/C16H13F2N3OS/c17-11-8-13-14(9-12(11)18)21-16(20-13)23-7-6-15(22)19-10-4-2-1-3-5-10/h1-5,8-9H,6-7H2,(H,19,22)(H,20,21). The molecule has 0 aliphatic rings. The lowest BCUT2D eigenvalue weighted by Gasteiger charge is -2.03. The fraction of sp³-hybridized carbons (Fsp3) is 0.125. The second kappa shape index (κ2) is 6.78. The van der Waals surface area contributed by atoms with E-state index in [9.17, 15) is 13.6 Å². The topological polar surface area (TPSA) is 57.8 Å². The van der Waals surface area contributed by atoms with E-state index in [-0.39, 0.29) is 5.91 Å². The zero-order valence-electron chi connectivity index (χ0n) is 12.0. The van der Waals surface area contributed by atoms with Crippen molar-refractivity contribution >= 4 is 34.4 Å². The van der Waals surface area contributed by atoms with Gasteiger partial charge in [0.2, 0.25) is 5.91 Å². The van der Waals surface area contributed by atoms with E-state index in [0.29, 0.717) is 28.4 Å².